The van der Waals surface area contributed by atoms with E-state index in [4.69, 9.17) is 5.73 Å². The standard InChI is InChI=1S/C12H9Br2N3S/c13-7-1-2-10-9(5-7)16-12(15)17(10)6-11-8(14)3-4-18-11/h1-5H,6H2,(H2,15,16). The minimum Gasteiger partial charge on any atom is -0.369 e. The number of halogens is 2. The third-order valence-electron chi connectivity index (χ3n) is 2.73. The lowest BCUT2D eigenvalue weighted by Gasteiger charge is -2.05. The summed E-state index contributed by atoms with van der Waals surface area (Å²) in [5.41, 5.74) is 7.96. The quantitative estimate of drug-likeness (QED) is 0.715. The van der Waals surface area contributed by atoms with E-state index in [1.807, 2.05) is 28.8 Å². The Balaban J connectivity index is 2.11. The molecule has 92 valence electrons. The predicted octanol–water partition coefficient (Wildman–Crippen LogP) is 4.25. The molecule has 0 aliphatic heterocycles. The molecule has 0 radical (unpaired) electrons. The average Bonchev–Trinajstić information content (AvgIpc) is 2.85. The Hall–Kier alpha value is -0.850. The highest BCUT2D eigenvalue weighted by atomic mass is 79.9. The number of nitrogens with two attached hydrogens (primary N) is 1. The Morgan fingerprint density at radius 2 is 2.11 bits per heavy atom. The number of imidazole rings is 1. The van der Waals surface area contributed by atoms with Crippen molar-refractivity contribution in [2.24, 2.45) is 0 Å². The second-order valence-electron chi connectivity index (χ2n) is 3.88. The van der Waals surface area contributed by atoms with Crippen LogP contribution < -0.4 is 5.73 Å². The third kappa shape index (κ3) is 2.08. The summed E-state index contributed by atoms with van der Waals surface area (Å²) in [6, 6.07) is 8.06. The second-order valence-corrected chi connectivity index (χ2v) is 6.65. The van der Waals surface area contributed by atoms with Gasteiger partial charge in [-0.15, -0.1) is 11.3 Å². The Labute approximate surface area is 125 Å². The summed E-state index contributed by atoms with van der Waals surface area (Å²) in [6.45, 7) is 0.738. The molecule has 0 unspecified atom stereocenters. The number of nitrogens with zero attached hydrogens (tertiary/aromatic N) is 2. The molecule has 3 nitrogen and oxygen atoms in total. The maximum Gasteiger partial charge on any atom is 0.201 e. The number of hydrogen-bond acceptors (Lipinski definition) is 3. The first kappa shape index (κ1) is 12.2. The highest BCUT2D eigenvalue weighted by Gasteiger charge is 2.11. The summed E-state index contributed by atoms with van der Waals surface area (Å²) in [7, 11) is 0. The number of thiophene rings is 1. The van der Waals surface area contributed by atoms with Crippen molar-refractivity contribution >= 4 is 60.2 Å². The fraction of sp³-hybridized carbons (Fsp3) is 0.0833. The van der Waals surface area contributed by atoms with Gasteiger partial charge in [-0.1, -0.05) is 15.9 Å². The van der Waals surface area contributed by atoms with Crippen molar-refractivity contribution in [3.05, 3.63) is 43.5 Å². The van der Waals surface area contributed by atoms with E-state index in [1.54, 1.807) is 11.3 Å². The normalized spacial score (nSPS) is 11.2. The van der Waals surface area contributed by atoms with Crippen LogP contribution in [-0.4, -0.2) is 9.55 Å². The monoisotopic (exact) mass is 385 g/mol. The lowest BCUT2D eigenvalue weighted by atomic mass is 10.3. The molecule has 0 saturated heterocycles. The van der Waals surface area contributed by atoms with Gasteiger partial charge in [-0.05, 0) is 45.6 Å². The van der Waals surface area contributed by atoms with Gasteiger partial charge in [0.2, 0.25) is 5.95 Å². The molecule has 2 aromatic heterocycles. The fourth-order valence-electron chi connectivity index (χ4n) is 1.87. The van der Waals surface area contributed by atoms with Crippen molar-refractivity contribution in [2.75, 3.05) is 5.73 Å². The Morgan fingerprint density at radius 1 is 1.28 bits per heavy atom. The van der Waals surface area contributed by atoms with Gasteiger partial charge in [-0.25, -0.2) is 4.98 Å². The molecule has 0 amide bonds. The molecule has 2 N–H and O–H groups in total. The molecule has 0 saturated carbocycles. The van der Waals surface area contributed by atoms with Crippen LogP contribution in [0.2, 0.25) is 0 Å². The zero-order chi connectivity index (χ0) is 12.7. The van der Waals surface area contributed by atoms with Crippen LogP contribution >= 0.6 is 43.2 Å². The van der Waals surface area contributed by atoms with Crippen molar-refractivity contribution in [1.82, 2.24) is 9.55 Å². The van der Waals surface area contributed by atoms with Crippen molar-refractivity contribution < 1.29 is 0 Å². The van der Waals surface area contributed by atoms with Gasteiger partial charge in [0.25, 0.3) is 0 Å². The third-order valence-corrected chi connectivity index (χ3v) is 5.14. The van der Waals surface area contributed by atoms with Gasteiger partial charge in [-0.3, -0.25) is 0 Å². The van der Waals surface area contributed by atoms with E-state index >= 15 is 0 Å². The topological polar surface area (TPSA) is 43.8 Å². The molecule has 6 heteroatoms. The lowest BCUT2D eigenvalue weighted by molar-refractivity contribution is 0.850. The Morgan fingerprint density at radius 3 is 2.83 bits per heavy atom. The van der Waals surface area contributed by atoms with Crippen molar-refractivity contribution in [1.29, 1.82) is 0 Å². The van der Waals surface area contributed by atoms with Crippen LogP contribution in [0, 0.1) is 0 Å². The van der Waals surface area contributed by atoms with Gasteiger partial charge in [0, 0.05) is 13.8 Å². The van der Waals surface area contributed by atoms with Crippen LogP contribution in [0.25, 0.3) is 11.0 Å². The molecule has 1 aromatic carbocycles. The molecule has 0 fully saturated rings. The Bertz CT molecular complexity index is 717. The van der Waals surface area contributed by atoms with E-state index in [2.05, 4.69) is 42.2 Å². The van der Waals surface area contributed by atoms with Crippen LogP contribution in [-0.2, 0) is 6.54 Å². The van der Waals surface area contributed by atoms with E-state index in [9.17, 15) is 0 Å². The second kappa shape index (κ2) is 4.68. The zero-order valence-electron chi connectivity index (χ0n) is 9.23. The van der Waals surface area contributed by atoms with E-state index in [1.165, 1.54) is 4.88 Å². The van der Waals surface area contributed by atoms with Crippen LogP contribution in [0.4, 0.5) is 5.95 Å². The first-order valence-corrected chi connectivity index (χ1v) is 7.75. The van der Waals surface area contributed by atoms with Gasteiger partial charge >= 0.3 is 0 Å². The average molecular weight is 387 g/mol. The Kier molecular flexibility index (Phi) is 3.17. The van der Waals surface area contributed by atoms with E-state index < -0.39 is 0 Å². The first-order valence-electron chi connectivity index (χ1n) is 5.28. The molecular weight excluding hydrogens is 378 g/mol. The summed E-state index contributed by atoms with van der Waals surface area (Å²) >= 11 is 8.69. The van der Waals surface area contributed by atoms with E-state index in [0.717, 1.165) is 26.5 Å². The summed E-state index contributed by atoms with van der Waals surface area (Å²) in [5, 5.41) is 2.06. The molecule has 0 aliphatic rings. The van der Waals surface area contributed by atoms with Crippen molar-refractivity contribution in [3.8, 4) is 0 Å². The smallest absolute Gasteiger partial charge is 0.201 e. The zero-order valence-corrected chi connectivity index (χ0v) is 13.2. The number of benzene rings is 1. The van der Waals surface area contributed by atoms with Gasteiger partial charge in [0.1, 0.15) is 0 Å². The predicted molar refractivity (Wildman–Crippen MR) is 83.0 cm³/mol. The van der Waals surface area contributed by atoms with Crippen LogP contribution in [0.15, 0.2) is 38.6 Å². The lowest BCUT2D eigenvalue weighted by Crippen LogP contribution is -2.03. The summed E-state index contributed by atoms with van der Waals surface area (Å²) in [4.78, 5) is 5.62. The number of fused-ring (bicyclic) bond motifs is 1. The van der Waals surface area contributed by atoms with E-state index in [0.29, 0.717) is 5.95 Å². The van der Waals surface area contributed by atoms with E-state index in [-0.39, 0.29) is 0 Å². The summed E-state index contributed by atoms with van der Waals surface area (Å²) in [5.74, 6) is 0.545. The number of rotatable bonds is 2. The molecule has 0 aliphatic carbocycles. The maximum atomic E-state index is 6.00. The molecule has 3 aromatic rings. The molecule has 3 rings (SSSR count). The molecule has 0 spiro atoms. The minimum atomic E-state index is 0.545. The summed E-state index contributed by atoms with van der Waals surface area (Å²) < 4.78 is 4.15. The van der Waals surface area contributed by atoms with Crippen molar-refractivity contribution in [3.63, 3.8) is 0 Å². The highest BCUT2D eigenvalue weighted by Crippen LogP contribution is 2.27. The SMILES string of the molecule is Nc1nc2cc(Br)ccc2n1Cc1sccc1Br. The number of anilines is 1. The highest BCUT2D eigenvalue weighted by molar-refractivity contribution is 9.10. The van der Waals surface area contributed by atoms with Gasteiger partial charge in [0.15, 0.2) is 0 Å². The van der Waals surface area contributed by atoms with Crippen molar-refractivity contribution in [2.45, 2.75) is 6.54 Å². The van der Waals surface area contributed by atoms with Crippen LogP contribution in [0.5, 0.6) is 0 Å². The van der Waals surface area contributed by atoms with Crippen LogP contribution in [0.3, 0.4) is 0 Å². The van der Waals surface area contributed by atoms with Gasteiger partial charge in [-0.2, -0.15) is 0 Å². The molecular formula is C12H9Br2N3S. The maximum absolute atomic E-state index is 6.00. The largest absolute Gasteiger partial charge is 0.369 e. The number of aromatic nitrogens is 2. The molecule has 2 heterocycles. The number of hydrogen-bond donors (Lipinski definition) is 1. The molecule has 0 bridgehead atoms. The van der Waals surface area contributed by atoms with Gasteiger partial charge < -0.3 is 10.3 Å². The first-order chi connectivity index (χ1) is 8.65. The summed E-state index contributed by atoms with van der Waals surface area (Å²) in [6.07, 6.45) is 0. The fourth-order valence-corrected chi connectivity index (χ4v) is 3.68. The van der Waals surface area contributed by atoms with Crippen LogP contribution in [0.1, 0.15) is 4.88 Å². The van der Waals surface area contributed by atoms with Gasteiger partial charge in [0.05, 0.1) is 17.6 Å². The number of nitrogen functional groups attached to an aromatic ring is 1. The molecule has 18 heavy (non-hydrogen) atoms. The molecule has 0 atom stereocenters. The minimum absolute atomic E-state index is 0.545.